The summed E-state index contributed by atoms with van der Waals surface area (Å²) in [6.07, 6.45) is 0. The van der Waals surface area contributed by atoms with E-state index >= 15 is 0 Å². The van der Waals surface area contributed by atoms with Crippen LogP contribution in [0.3, 0.4) is 0 Å². The summed E-state index contributed by atoms with van der Waals surface area (Å²) >= 11 is 0. The van der Waals surface area contributed by atoms with Crippen LogP contribution in [0.25, 0.3) is 22.3 Å². The molecule has 0 bridgehead atoms. The lowest BCUT2D eigenvalue weighted by Crippen LogP contribution is -2.74. The fourth-order valence-corrected chi connectivity index (χ4v) is 14.6. The Hall–Kier alpha value is -9.45. The van der Waals surface area contributed by atoms with Crippen LogP contribution < -0.4 is 46.2 Å². The number of fused-ring (bicyclic) bond motifs is 8. The molecule has 11 aromatic rings. The standard InChI is InChI=1S/C82H77B2N5/c1-79(2,3)54-34-42-60(43-35-54)85(61-44-36-55(37-45-61)80(4,5)6)64-50-68-66-28-23-29-67-69-51-65(86(62-46-38-56(39-47-62)81(7,8)9)63-48-40-57(41-49-63)82(10,11)12)53-75-77(69)84(71-31-20-22-33-73(71)88(75)59-26-17-14-18-27-59)89(78(66)67)83-70-30-19-21-32-72(70)87(74(52-64)76(68)83)58-24-15-13-16-25-58/h13-53H,1-12H3. The highest BCUT2D eigenvalue weighted by atomic mass is 15.2. The van der Waals surface area contributed by atoms with Crippen LogP contribution in [0.5, 0.6) is 0 Å². The smallest absolute Gasteiger partial charge is 0.316 e. The van der Waals surface area contributed by atoms with Gasteiger partial charge in [-0.3, -0.25) is 0 Å². The fourth-order valence-electron chi connectivity index (χ4n) is 14.6. The average molecular weight is 1150 g/mol. The molecule has 11 aromatic carbocycles. The van der Waals surface area contributed by atoms with Crippen molar-refractivity contribution < 1.29 is 0 Å². The first-order chi connectivity index (χ1) is 42.7. The Kier molecular flexibility index (Phi) is 13.0. The summed E-state index contributed by atoms with van der Waals surface area (Å²) in [5.41, 5.74) is 30.2. The van der Waals surface area contributed by atoms with Gasteiger partial charge in [-0.05, 0) is 186 Å². The molecule has 4 aliphatic heterocycles. The molecular formula is C82H77B2N5. The highest BCUT2D eigenvalue weighted by molar-refractivity contribution is 7.09. The summed E-state index contributed by atoms with van der Waals surface area (Å²) in [6, 6.07) is 95.0. The third kappa shape index (κ3) is 9.29. The predicted octanol–water partition coefficient (Wildman–Crippen LogP) is 19.8. The van der Waals surface area contributed by atoms with E-state index in [9.17, 15) is 0 Å². The van der Waals surface area contributed by atoms with Crippen molar-refractivity contribution in [1.29, 1.82) is 0 Å². The molecule has 0 fully saturated rings. The molecular weight excluding hydrogens is 1080 g/mol. The second kappa shape index (κ2) is 20.6. The van der Waals surface area contributed by atoms with Crippen molar-refractivity contribution in [2.45, 2.75) is 105 Å². The summed E-state index contributed by atoms with van der Waals surface area (Å²) in [6.45, 7) is 27.2. The molecule has 0 saturated heterocycles. The minimum absolute atomic E-state index is 0.00289. The monoisotopic (exact) mass is 1150 g/mol. The summed E-state index contributed by atoms with van der Waals surface area (Å²) in [5, 5.41) is 0. The number of anilines is 13. The maximum atomic E-state index is 2.85. The van der Waals surface area contributed by atoms with Gasteiger partial charge in [-0.25, -0.2) is 0 Å². The van der Waals surface area contributed by atoms with Crippen LogP contribution in [0.1, 0.15) is 105 Å². The van der Waals surface area contributed by atoms with Crippen LogP contribution in [0.4, 0.5) is 73.9 Å². The van der Waals surface area contributed by atoms with Crippen molar-refractivity contribution in [2.24, 2.45) is 0 Å². The molecule has 0 aromatic heterocycles. The summed E-state index contributed by atoms with van der Waals surface area (Å²) < 4.78 is 2.85. The first-order valence-corrected chi connectivity index (χ1v) is 31.9. The van der Waals surface area contributed by atoms with Gasteiger partial charge in [0, 0.05) is 85.1 Å². The van der Waals surface area contributed by atoms with E-state index in [4.69, 9.17) is 0 Å². The zero-order valence-electron chi connectivity index (χ0n) is 53.6. The number of hydrogen-bond donors (Lipinski definition) is 0. The molecule has 89 heavy (non-hydrogen) atoms. The molecule has 0 saturated carbocycles. The molecule has 0 unspecified atom stereocenters. The van der Waals surface area contributed by atoms with Crippen molar-refractivity contribution in [3.8, 4) is 22.3 Å². The molecule has 4 heterocycles. The molecule has 5 nitrogen and oxygen atoms in total. The van der Waals surface area contributed by atoms with E-state index in [1.807, 2.05) is 0 Å². The Bertz CT molecular complexity index is 4130. The largest absolute Gasteiger partial charge is 0.444 e. The lowest BCUT2D eigenvalue weighted by atomic mass is 9.32. The molecule has 4 aliphatic rings. The normalized spacial score (nSPS) is 13.7. The Balaban J connectivity index is 1.04. The van der Waals surface area contributed by atoms with Crippen LogP contribution in [-0.4, -0.2) is 13.7 Å². The van der Waals surface area contributed by atoms with Crippen LogP contribution in [0, 0.1) is 0 Å². The molecule has 0 spiro atoms. The molecule has 7 heteroatoms. The van der Waals surface area contributed by atoms with Gasteiger partial charge in [0.2, 0.25) is 0 Å². The van der Waals surface area contributed by atoms with Gasteiger partial charge in [-0.15, -0.1) is 0 Å². The maximum Gasteiger partial charge on any atom is 0.316 e. The van der Waals surface area contributed by atoms with Gasteiger partial charge in [-0.2, -0.15) is 0 Å². The highest BCUT2D eigenvalue weighted by Crippen LogP contribution is 2.55. The SMILES string of the molecule is CC(C)(C)c1ccc(N(c2ccc(C(C)(C)C)cc2)c2cc3c4c(c2)N(c2ccccc2)c2ccccc2B4N2B4c5ccccc5N(c5ccccc5)c5cc(N(c6ccc(C(C)(C)C)cc6)c6ccc(C(C)(C)C)cc6)cc(c54)-c4cccc-3c42)cc1. The molecule has 0 radical (unpaired) electrons. The topological polar surface area (TPSA) is 16.2 Å². The van der Waals surface area contributed by atoms with E-state index in [0.29, 0.717) is 0 Å². The first kappa shape index (κ1) is 56.1. The lowest BCUT2D eigenvalue weighted by Gasteiger charge is -2.53. The van der Waals surface area contributed by atoms with Crippen LogP contribution in [0.15, 0.2) is 249 Å². The van der Waals surface area contributed by atoms with Crippen LogP contribution >= 0.6 is 0 Å². The van der Waals surface area contributed by atoms with Gasteiger partial charge in [0.05, 0.1) is 0 Å². The third-order valence-electron chi connectivity index (χ3n) is 19.2. The number of rotatable bonds is 8. The molecule has 0 atom stereocenters. The maximum absolute atomic E-state index is 2.85. The van der Waals surface area contributed by atoms with Crippen molar-refractivity contribution in [3.05, 3.63) is 271 Å². The van der Waals surface area contributed by atoms with Crippen LogP contribution in [0.2, 0.25) is 0 Å². The molecule has 0 aliphatic carbocycles. The second-order valence-corrected chi connectivity index (χ2v) is 29.1. The average Bonchev–Trinajstić information content (AvgIpc) is 0.677. The lowest BCUT2D eigenvalue weighted by molar-refractivity contribution is 0.590. The minimum atomic E-state index is -0.175. The number of hydrogen-bond acceptors (Lipinski definition) is 5. The Morgan fingerprint density at radius 3 is 0.888 bits per heavy atom. The van der Waals surface area contributed by atoms with Gasteiger partial charge in [-0.1, -0.05) is 223 Å². The summed E-state index contributed by atoms with van der Waals surface area (Å²) in [5.74, 6) is 0. The predicted molar refractivity (Wildman–Crippen MR) is 383 cm³/mol. The van der Waals surface area contributed by atoms with E-state index in [2.05, 4.69) is 356 Å². The number of benzene rings is 11. The van der Waals surface area contributed by atoms with Gasteiger partial charge in [0.1, 0.15) is 0 Å². The Labute approximate surface area is 528 Å². The quantitative estimate of drug-likeness (QED) is 0.141. The third-order valence-corrected chi connectivity index (χ3v) is 19.2. The van der Waals surface area contributed by atoms with Gasteiger partial charge in [0.15, 0.2) is 0 Å². The molecule has 436 valence electrons. The van der Waals surface area contributed by atoms with Crippen molar-refractivity contribution >= 4 is 109 Å². The number of para-hydroxylation sites is 5. The first-order valence-electron chi connectivity index (χ1n) is 31.9. The van der Waals surface area contributed by atoms with E-state index < -0.39 is 0 Å². The molecule has 0 amide bonds. The Morgan fingerprint density at radius 2 is 0.573 bits per heavy atom. The van der Waals surface area contributed by atoms with Gasteiger partial charge < -0.3 is 24.3 Å². The fraction of sp³-hybridized carbons (Fsp3) is 0.195. The summed E-state index contributed by atoms with van der Waals surface area (Å²) in [4.78, 5) is 10.1. The minimum Gasteiger partial charge on any atom is -0.444 e. The second-order valence-electron chi connectivity index (χ2n) is 29.1. The summed E-state index contributed by atoms with van der Waals surface area (Å²) in [7, 11) is 0. The zero-order valence-corrected chi connectivity index (χ0v) is 53.6. The molecule has 0 N–H and O–H groups in total. The van der Waals surface area contributed by atoms with E-state index in [1.165, 1.54) is 94.8 Å². The Morgan fingerprint density at radius 1 is 0.270 bits per heavy atom. The van der Waals surface area contributed by atoms with Crippen molar-refractivity contribution in [2.75, 3.05) is 24.3 Å². The highest BCUT2D eigenvalue weighted by Gasteiger charge is 2.54. The number of nitrogens with zero attached hydrogens (tertiary/aromatic N) is 5. The van der Waals surface area contributed by atoms with Crippen LogP contribution in [-0.2, 0) is 21.7 Å². The van der Waals surface area contributed by atoms with E-state index in [1.54, 1.807) is 0 Å². The molecule has 15 rings (SSSR count). The van der Waals surface area contributed by atoms with Gasteiger partial charge >= 0.3 is 13.7 Å². The van der Waals surface area contributed by atoms with E-state index in [-0.39, 0.29) is 35.4 Å². The van der Waals surface area contributed by atoms with E-state index in [0.717, 1.165) is 45.5 Å². The zero-order chi connectivity index (χ0) is 61.5. The van der Waals surface area contributed by atoms with Gasteiger partial charge in [0.25, 0.3) is 0 Å². The van der Waals surface area contributed by atoms with Crippen molar-refractivity contribution in [3.63, 3.8) is 0 Å². The van der Waals surface area contributed by atoms with Crippen molar-refractivity contribution in [1.82, 2.24) is 0 Å².